The number of aromatic nitrogens is 1. The molecule has 0 bridgehead atoms. The number of amides is 1. The Morgan fingerprint density at radius 1 is 1.09 bits per heavy atom. The molecule has 33 heavy (non-hydrogen) atoms. The molecule has 0 spiro atoms. The number of aryl methyl sites for hydroxylation is 1. The summed E-state index contributed by atoms with van der Waals surface area (Å²) in [5.41, 5.74) is 6.10. The third-order valence-corrected chi connectivity index (χ3v) is 7.14. The highest BCUT2D eigenvalue weighted by molar-refractivity contribution is 6.02. The molecule has 4 heterocycles. The number of fused-ring (bicyclic) bond motifs is 2. The van der Waals surface area contributed by atoms with E-state index in [0.717, 1.165) is 38.3 Å². The summed E-state index contributed by atoms with van der Waals surface area (Å²) in [6.07, 6.45) is 3.71. The Labute approximate surface area is 193 Å². The predicted octanol–water partition coefficient (Wildman–Crippen LogP) is 4.66. The lowest BCUT2D eigenvalue weighted by Gasteiger charge is -2.27. The number of nitrogens with zero attached hydrogens (tertiary/aromatic N) is 3. The van der Waals surface area contributed by atoms with Crippen LogP contribution in [0.15, 0.2) is 71.3 Å². The first-order chi connectivity index (χ1) is 16.2. The second-order valence-electron chi connectivity index (χ2n) is 9.15. The summed E-state index contributed by atoms with van der Waals surface area (Å²) in [6, 6.07) is 21.1. The molecule has 1 amide bonds. The molecule has 6 nitrogen and oxygen atoms in total. The smallest absolute Gasteiger partial charge is 0.291 e. The van der Waals surface area contributed by atoms with Crippen LogP contribution in [0.3, 0.4) is 0 Å². The summed E-state index contributed by atoms with van der Waals surface area (Å²) < 4.78 is 7.52. The van der Waals surface area contributed by atoms with Crippen molar-refractivity contribution in [3.63, 3.8) is 0 Å². The number of hydrogen-bond donors (Lipinski definition) is 1. The number of carbonyl (C=O) groups excluding carboxylic acids is 1. The highest BCUT2D eigenvalue weighted by Gasteiger charge is 2.32. The molecule has 2 aliphatic rings. The molecule has 0 saturated carbocycles. The normalized spacial score (nSPS) is 18.2. The average Bonchev–Trinajstić information content (AvgIpc) is 3.61. The van der Waals surface area contributed by atoms with Gasteiger partial charge >= 0.3 is 0 Å². The molecule has 168 valence electrons. The Morgan fingerprint density at radius 3 is 2.85 bits per heavy atom. The van der Waals surface area contributed by atoms with Crippen molar-refractivity contribution >= 4 is 28.2 Å². The summed E-state index contributed by atoms with van der Waals surface area (Å²) in [7, 11) is 2.17. The number of likely N-dealkylation sites (tertiary alicyclic amines) is 1. The van der Waals surface area contributed by atoms with E-state index in [1.807, 2.05) is 6.07 Å². The fourth-order valence-corrected chi connectivity index (χ4v) is 5.42. The minimum absolute atomic E-state index is 0.213. The van der Waals surface area contributed by atoms with E-state index in [2.05, 4.69) is 69.2 Å². The van der Waals surface area contributed by atoms with Crippen molar-refractivity contribution in [1.29, 1.82) is 0 Å². The highest BCUT2D eigenvalue weighted by atomic mass is 16.3. The van der Waals surface area contributed by atoms with Gasteiger partial charge in [-0.3, -0.25) is 9.69 Å². The van der Waals surface area contributed by atoms with E-state index in [1.165, 1.54) is 40.5 Å². The van der Waals surface area contributed by atoms with Gasteiger partial charge in [0, 0.05) is 61.9 Å². The molecule has 6 rings (SSSR count). The average molecular weight is 441 g/mol. The van der Waals surface area contributed by atoms with Crippen LogP contribution in [0.25, 0.3) is 10.9 Å². The van der Waals surface area contributed by atoms with Crippen molar-refractivity contribution in [3.05, 3.63) is 83.9 Å². The Balaban J connectivity index is 1.13. The summed E-state index contributed by atoms with van der Waals surface area (Å²) in [6.45, 7) is 4.23. The maximum atomic E-state index is 12.3. The van der Waals surface area contributed by atoms with Crippen LogP contribution in [0.4, 0.5) is 11.4 Å². The predicted molar refractivity (Wildman–Crippen MR) is 131 cm³/mol. The molecule has 2 aromatic heterocycles. The number of para-hydroxylation sites is 1. The quantitative estimate of drug-likeness (QED) is 0.490. The lowest BCUT2D eigenvalue weighted by atomic mass is 10.1. The Hall–Kier alpha value is -3.51. The molecule has 1 saturated heterocycles. The van der Waals surface area contributed by atoms with Gasteiger partial charge in [-0.2, -0.15) is 0 Å². The van der Waals surface area contributed by atoms with Gasteiger partial charge < -0.3 is 19.2 Å². The van der Waals surface area contributed by atoms with Gasteiger partial charge in [-0.1, -0.05) is 18.2 Å². The monoisotopic (exact) mass is 440 g/mol. The molecule has 2 aliphatic heterocycles. The van der Waals surface area contributed by atoms with Crippen LogP contribution in [0.5, 0.6) is 0 Å². The second-order valence-corrected chi connectivity index (χ2v) is 9.15. The molecule has 0 radical (unpaired) electrons. The largest absolute Gasteiger partial charge is 0.459 e. The van der Waals surface area contributed by atoms with Gasteiger partial charge in [-0.15, -0.1) is 0 Å². The third kappa shape index (κ3) is 3.70. The van der Waals surface area contributed by atoms with E-state index in [0.29, 0.717) is 11.8 Å². The summed E-state index contributed by atoms with van der Waals surface area (Å²) in [5.74, 6) is 0.115. The maximum absolute atomic E-state index is 12.3. The van der Waals surface area contributed by atoms with Crippen molar-refractivity contribution in [3.8, 4) is 0 Å². The number of rotatable bonds is 5. The SMILES string of the molecule is Cn1c(CN2CCC(N3CCc4cc(NC(=O)c5ccco5)ccc43)C2)cc2ccccc21. The third-order valence-electron chi connectivity index (χ3n) is 7.14. The fraction of sp³-hybridized carbons (Fsp3) is 0.296. The van der Waals surface area contributed by atoms with Crippen LogP contribution in [-0.2, 0) is 20.0 Å². The van der Waals surface area contributed by atoms with Gasteiger partial charge in [-0.05, 0) is 66.3 Å². The van der Waals surface area contributed by atoms with Gasteiger partial charge in [0.25, 0.3) is 5.91 Å². The molecular weight excluding hydrogens is 412 g/mol. The van der Waals surface area contributed by atoms with E-state index < -0.39 is 0 Å². The van der Waals surface area contributed by atoms with Gasteiger partial charge in [0.15, 0.2) is 5.76 Å². The van der Waals surface area contributed by atoms with Crippen LogP contribution < -0.4 is 10.2 Å². The van der Waals surface area contributed by atoms with Crippen LogP contribution in [0.1, 0.15) is 28.2 Å². The molecule has 0 aliphatic carbocycles. The molecule has 2 aromatic carbocycles. The zero-order valence-corrected chi connectivity index (χ0v) is 18.8. The number of anilines is 2. The van der Waals surface area contributed by atoms with Crippen molar-refractivity contribution in [2.75, 3.05) is 29.9 Å². The zero-order valence-electron chi connectivity index (χ0n) is 18.8. The van der Waals surface area contributed by atoms with Crippen molar-refractivity contribution in [1.82, 2.24) is 9.47 Å². The van der Waals surface area contributed by atoms with Gasteiger partial charge in [0.05, 0.1) is 6.26 Å². The molecule has 1 atom stereocenters. The summed E-state index contributed by atoms with van der Waals surface area (Å²) in [5, 5.41) is 4.26. The van der Waals surface area contributed by atoms with Crippen LogP contribution in [0.2, 0.25) is 0 Å². The first kappa shape index (κ1) is 20.1. The van der Waals surface area contributed by atoms with Crippen molar-refractivity contribution in [2.24, 2.45) is 7.05 Å². The minimum Gasteiger partial charge on any atom is -0.459 e. The van der Waals surface area contributed by atoms with Gasteiger partial charge in [-0.25, -0.2) is 0 Å². The number of nitrogens with one attached hydrogen (secondary N) is 1. The molecular formula is C27H28N4O2. The van der Waals surface area contributed by atoms with E-state index in [1.54, 1.807) is 12.1 Å². The lowest BCUT2D eigenvalue weighted by molar-refractivity contribution is 0.0996. The van der Waals surface area contributed by atoms with Crippen LogP contribution in [0, 0.1) is 0 Å². The van der Waals surface area contributed by atoms with Crippen LogP contribution >= 0.6 is 0 Å². The molecule has 4 aromatic rings. The molecule has 6 heteroatoms. The number of furan rings is 1. The second kappa shape index (κ2) is 8.12. The maximum Gasteiger partial charge on any atom is 0.291 e. The van der Waals surface area contributed by atoms with Crippen LogP contribution in [-0.4, -0.2) is 41.1 Å². The molecule has 1 fully saturated rings. The lowest BCUT2D eigenvalue weighted by Crippen LogP contribution is -2.36. The number of carbonyl (C=O) groups is 1. The van der Waals surface area contributed by atoms with E-state index in [-0.39, 0.29) is 5.91 Å². The van der Waals surface area contributed by atoms with E-state index in [9.17, 15) is 4.79 Å². The fourth-order valence-electron chi connectivity index (χ4n) is 5.42. The summed E-state index contributed by atoms with van der Waals surface area (Å²) >= 11 is 0. The highest BCUT2D eigenvalue weighted by Crippen LogP contribution is 2.34. The van der Waals surface area contributed by atoms with Crippen molar-refractivity contribution in [2.45, 2.75) is 25.4 Å². The Kier molecular flexibility index (Phi) is 4.95. The van der Waals surface area contributed by atoms with Gasteiger partial charge in [0.2, 0.25) is 0 Å². The Morgan fingerprint density at radius 2 is 2.00 bits per heavy atom. The number of hydrogen-bond acceptors (Lipinski definition) is 4. The minimum atomic E-state index is -0.213. The van der Waals surface area contributed by atoms with Gasteiger partial charge in [0.1, 0.15) is 0 Å². The standard InChI is InChI=1S/C27H28N4O2/c1-29-23(16-19-5-2-3-6-24(19)29)18-30-12-11-22(17-30)31-13-10-20-15-21(8-9-25(20)31)28-27(32)26-7-4-14-33-26/h2-9,14-16,22H,10-13,17-18H2,1H3,(H,28,32). The summed E-state index contributed by atoms with van der Waals surface area (Å²) in [4.78, 5) is 17.4. The first-order valence-corrected chi connectivity index (χ1v) is 11.7. The molecule has 1 N–H and O–H groups in total. The topological polar surface area (TPSA) is 53.6 Å². The zero-order chi connectivity index (χ0) is 22.4. The van der Waals surface area contributed by atoms with E-state index >= 15 is 0 Å². The number of benzene rings is 2. The first-order valence-electron chi connectivity index (χ1n) is 11.7. The van der Waals surface area contributed by atoms with Crippen molar-refractivity contribution < 1.29 is 9.21 Å². The Bertz CT molecular complexity index is 1310. The van der Waals surface area contributed by atoms with E-state index in [4.69, 9.17) is 4.42 Å². The molecule has 1 unspecified atom stereocenters.